The topological polar surface area (TPSA) is 754 Å². The first-order chi connectivity index (χ1) is 58.5. The van der Waals surface area contributed by atoms with Gasteiger partial charge in [-0.25, -0.2) is 4.98 Å². The summed E-state index contributed by atoms with van der Waals surface area (Å²) in [5, 5.41) is 80.6. The number of para-hydroxylation sites is 2. The summed E-state index contributed by atoms with van der Waals surface area (Å²) >= 11 is 1.84. The van der Waals surface area contributed by atoms with Gasteiger partial charge in [0.1, 0.15) is 56.4 Å². The number of carbonyl (C=O) groups is 1. The number of anilines is 6. The highest BCUT2D eigenvalue weighted by Crippen LogP contribution is 2.47. The molecule has 126 heavy (non-hydrogen) atoms. The number of non-ortho nitro benzene ring substituents is 1. The number of nitrogens with one attached hydrogen (secondary N) is 4. The molecule has 0 unspecified atom stereocenters. The lowest BCUT2D eigenvalue weighted by Gasteiger charge is -2.15. The molecular formula is C67H77N19O30S10. The number of carbonyl (C=O) groups excluding carboxylic acids is 1. The van der Waals surface area contributed by atoms with Crippen molar-refractivity contribution in [2.75, 3.05) is 83.2 Å². The number of azo groups is 4. The molecule has 0 saturated carbocycles. The second-order valence-corrected chi connectivity index (χ2v) is 37.3. The highest BCUT2D eigenvalue weighted by molar-refractivity contribution is 7.99. The molecule has 9 aromatic rings. The van der Waals surface area contributed by atoms with Gasteiger partial charge in [-0.15, -0.1) is 84.6 Å². The minimum atomic E-state index is -5.22. The van der Waals surface area contributed by atoms with E-state index in [0.717, 1.165) is 47.8 Å². The number of nitriles is 1. The van der Waals surface area contributed by atoms with Crippen LogP contribution >= 0.6 is 23.5 Å². The molecule has 0 spiro atoms. The predicted molar refractivity (Wildman–Crippen MR) is 457 cm³/mol. The van der Waals surface area contributed by atoms with Crippen LogP contribution in [0, 0.1) is 35.3 Å². The van der Waals surface area contributed by atoms with Gasteiger partial charge < -0.3 is 35.8 Å². The summed E-state index contributed by atoms with van der Waals surface area (Å²) in [6, 6.07) is 23.8. The lowest BCUT2D eigenvalue weighted by atomic mass is 10.1. The first-order valence-corrected chi connectivity index (χ1v) is 48.3. The van der Waals surface area contributed by atoms with Gasteiger partial charge in [0.15, 0.2) is 11.3 Å². The van der Waals surface area contributed by atoms with Crippen LogP contribution in [-0.2, 0) is 91.5 Å². The van der Waals surface area contributed by atoms with Crippen molar-refractivity contribution in [2.24, 2.45) is 40.9 Å². The molecule has 6 aromatic carbocycles. The first-order valence-electron chi connectivity index (χ1n) is 35.0. The van der Waals surface area contributed by atoms with Crippen molar-refractivity contribution in [3.63, 3.8) is 0 Å². The van der Waals surface area contributed by atoms with Crippen LogP contribution in [0.3, 0.4) is 0 Å². The Morgan fingerprint density at radius 2 is 1.09 bits per heavy atom. The summed E-state index contributed by atoms with van der Waals surface area (Å²) in [5.41, 5.74) is -1.03. The second-order valence-electron chi connectivity index (χ2n) is 25.1. The number of benzene rings is 6. The lowest BCUT2D eigenvalue weighted by Crippen LogP contribution is -2.12. The van der Waals surface area contributed by atoms with Gasteiger partial charge in [-0.2, -0.15) is 75.8 Å². The molecule has 0 bridgehead atoms. The molecular weight excluding hydrogens is 1870 g/mol. The number of aromatic hydroxyl groups is 1. The third kappa shape index (κ3) is 34.7. The molecule has 680 valence electrons. The van der Waals surface area contributed by atoms with E-state index in [4.69, 9.17) is 30.0 Å². The molecule has 0 aliphatic rings. The Kier molecular flexibility index (Phi) is 39.7. The van der Waals surface area contributed by atoms with Gasteiger partial charge in [0.25, 0.3) is 66.4 Å². The maximum atomic E-state index is 13.5. The van der Waals surface area contributed by atoms with E-state index >= 15 is 0 Å². The number of imidazole rings is 1. The van der Waals surface area contributed by atoms with Crippen molar-refractivity contribution in [3.05, 3.63) is 130 Å². The summed E-state index contributed by atoms with van der Waals surface area (Å²) < 4.78 is 265. The van der Waals surface area contributed by atoms with Crippen LogP contribution in [-0.4, -0.2) is 205 Å². The molecule has 0 saturated heterocycles. The van der Waals surface area contributed by atoms with Gasteiger partial charge >= 0.3 is 21.2 Å². The number of ether oxygens (including phenoxy) is 2. The van der Waals surface area contributed by atoms with Crippen LogP contribution < -0.4 is 26.0 Å². The fourth-order valence-corrected chi connectivity index (χ4v) is 15.8. The van der Waals surface area contributed by atoms with E-state index in [1.807, 2.05) is 0 Å². The molecule has 0 fully saturated rings. The van der Waals surface area contributed by atoms with Crippen molar-refractivity contribution in [1.29, 1.82) is 5.26 Å². The maximum Gasteiger partial charge on any atom is 0.425 e. The van der Waals surface area contributed by atoms with E-state index in [0.29, 0.717) is 29.1 Å². The van der Waals surface area contributed by atoms with Crippen molar-refractivity contribution in [1.82, 2.24) is 24.3 Å². The van der Waals surface area contributed by atoms with Gasteiger partial charge in [0.05, 0.1) is 67.5 Å². The van der Waals surface area contributed by atoms with E-state index in [1.54, 1.807) is 52.3 Å². The molecule has 3 heterocycles. The number of aryl methyl sites for hydroxylation is 1. The molecule has 11 N–H and O–H groups in total. The molecule has 0 aliphatic heterocycles. The highest BCUT2D eigenvalue weighted by Gasteiger charge is 2.26. The number of methoxy groups -OCH3 is 1. The zero-order valence-electron chi connectivity index (χ0n) is 65.2. The van der Waals surface area contributed by atoms with Gasteiger partial charge in [0.2, 0.25) is 29.6 Å². The lowest BCUT2D eigenvalue weighted by molar-refractivity contribution is -0.385. The molecule has 0 atom stereocenters. The minimum Gasteiger partial charge on any atom is -0.493 e. The fraction of sp³-hybridized carbons (Fsp3) is 0.313. The Labute approximate surface area is 730 Å². The van der Waals surface area contributed by atoms with Crippen molar-refractivity contribution in [2.45, 2.75) is 92.7 Å². The van der Waals surface area contributed by atoms with E-state index in [2.05, 4.69) is 92.9 Å². The molecule has 1 amide bonds. The molecule has 49 nitrogen and oxygen atoms in total. The van der Waals surface area contributed by atoms with Crippen LogP contribution in [0.25, 0.3) is 16.7 Å². The smallest absolute Gasteiger partial charge is 0.425 e. The highest BCUT2D eigenvalue weighted by atomic mass is 32.2. The minimum absolute atomic E-state index is 0. The number of nitro benzene ring substituents is 1. The summed E-state index contributed by atoms with van der Waals surface area (Å²) in [6.45, 7) is 4.35. The summed E-state index contributed by atoms with van der Waals surface area (Å²) in [7, 11) is -30.9. The normalized spacial score (nSPS) is 11.9. The van der Waals surface area contributed by atoms with Crippen molar-refractivity contribution in [3.8, 4) is 17.7 Å². The van der Waals surface area contributed by atoms with Crippen LogP contribution in [0.2, 0.25) is 0 Å². The summed E-state index contributed by atoms with van der Waals surface area (Å²) in [5.74, 6) is -5.15. The zero-order valence-corrected chi connectivity index (χ0v) is 73.4. The number of fused-ring (bicyclic) bond motifs is 3. The number of hydrogen-bond acceptors (Lipinski definition) is 42. The number of nitro groups is 1. The first kappa shape index (κ1) is 105. The molecule has 0 radical (unpaired) electrons. The number of amides is 1. The number of pyridine rings is 1. The van der Waals surface area contributed by atoms with Gasteiger partial charge in [0, 0.05) is 66.4 Å². The van der Waals surface area contributed by atoms with Gasteiger partial charge in [-0.05, 0) is 136 Å². The van der Waals surface area contributed by atoms with Gasteiger partial charge in [-0.1, -0.05) is 32.5 Å². The average molecular weight is 1950 g/mol. The molecule has 3 aromatic heterocycles. The zero-order chi connectivity index (χ0) is 93.0. The number of unbranched alkanes of at least 4 members (excludes halogenated alkanes) is 1. The Morgan fingerprint density at radius 1 is 0.579 bits per heavy atom. The van der Waals surface area contributed by atoms with Gasteiger partial charge in [-0.3, -0.25) is 46.6 Å². The number of aromatic nitrogens is 5. The van der Waals surface area contributed by atoms with Crippen LogP contribution in [0.15, 0.2) is 164 Å². The van der Waals surface area contributed by atoms with Crippen molar-refractivity contribution < 1.29 is 127 Å². The quantitative estimate of drug-likeness (QED) is 0.00426. The Morgan fingerprint density at radius 3 is 1.63 bits per heavy atom. The molecule has 59 heteroatoms. The number of hydrogen-bond donors (Lipinski definition) is 11. The standard InChI is InChI=1S/C64H67N19O23S8.C2H6O.CH4.2O3S/c1-4-13-58(84)68-46-31-51(55(107-22-11-26-111(94,95)96)34-48(46)76-74-44-19-18-40(83(86)87)30-57(44)114(103,104)105)80-77-49-35-56(108-23-12-27-112(97,98)99)52(32-47(49)70-64-72-62(66-20-7-8-24-109(88,89)90)71-63(73-64)67-39-14-9-15-41(29-39)113(100,101)102)79-75-45-33-54(106-21-10-25-110(91,92)93)50(28-37(45)2)78-81-59-38(3)42(36-65)60-69-43-16-5-6-17-53(43)82(60)61(59)85;1-3-2;;2*1-4(2)3/h5-6,9,14-19,28-35,85H,4,7-8,10-13,20-27H2,1-3H3,(H,68,84)(H,88,89,90)(H,91,92,93)(H,94,95,96)(H,97,98,99)(H,100,101,102)(H,103,104,105)(H3,66,67,70,71,72,73);1-2H3;1H4;;. The number of rotatable bonds is 39. The van der Waals surface area contributed by atoms with Crippen LogP contribution in [0.4, 0.5) is 86.1 Å². The van der Waals surface area contributed by atoms with E-state index in [1.165, 1.54) is 59.9 Å². The number of nitrogens with zero attached hydrogens (tertiary/aromatic N) is 15. The Hall–Kier alpha value is -11.6. The molecule has 0 aliphatic carbocycles. The maximum absolute atomic E-state index is 13.5. The predicted octanol–water partition coefficient (Wildman–Crippen LogP) is 12.5. The Bertz CT molecular complexity index is 6650. The van der Waals surface area contributed by atoms with Crippen LogP contribution in [0.1, 0.15) is 76.0 Å². The molecule has 9 rings (SSSR count). The Balaban J connectivity index is 0.00000222. The third-order valence-corrected chi connectivity index (χ3v) is 22.7. The van der Waals surface area contributed by atoms with Crippen molar-refractivity contribution >= 4 is 214 Å². The largest absolute Gasteiger partial charge is 0.493 e. The van der Waals surface area contributed by atoms with E-state index in [9.17, 15) is 103 Å². The monoisotopic (exact) mass is 1950 g/mol. The second kappa shape index (κ2) is 47.6. The van der Waals surface area contributed by atoms with E-state index in [-0.39, 0.29) is 178 Å². The average Bonchev–Trinajstić information content (AvgIpc) is 1.58. The van der Waals surface area contributed by atoms with Crippen LogP contribution in [0.5, 0.6) is 11.6 Å². The van der Waals surface area contributed by atoms with E-state index < -0.39 is 143 Å². The third-order valence-electron chi connectivity index (χ3n) is 15.5. The fourth-order valence-electron chi connectivity index (χ4n) is 10.3. The summed E-state index contributed by atoms with van der Waals surface area (Å²) in [6.07, 6.45) is -0.409. The number of thioether (sulfide) groups is 2. The summed E-state index contributed by atoms with van der Waals surface area (Å²) in [4.78, 5) is 40.8. The SMILES string of the molecule is C.CCCC(=O)Nc1cc(N=Nc2cc(SCCCS(=O)(=O)O)c(N=Nc3cc(OCCCS(=O)(=O)O)c(N=Nc4c(C)c(C#N)c5nc6ccccc6n5c4O)cc3C)cc2Nc2nc(NCCCCS(=O)(=O)O)nc(Nc3cccc(S(=O)(=O)O)c3)n2)c(SCCCS(=O)(=O)O)cc1N=Nc1ccc([N+](=O)[O-])cc1S(=O)(=O)O.COC.O=S(=O)=O.O=S(=O)=O.